The third-order valence-corrected chi connectivity index (χ3v) is 3.91. The van der Waals surface area contributed by atoms with Crippen molar-refractivity contribution in [3.05, 3.63) is 29.8 Å². The number of nitrogens with zero attached hydrogens (tertiary/aromatic N) is 2. The third-order valence-electron chi connectivity index (χ3n) is 3.91. The average Bonchev–Trinajstić information content (AvgIpc) is 2.86. The first-order valence-electron chi connectivity index (χ1n) is 7.36. The van der Waals surface area contributed by atoms with Crippen molar-refractivity contribution in [2.24, 2.45) is 0 Å². The summed E-state index contributed by atoms with van der Waals surface area (Å²) in [5.74, 6) is 0.998. The summed E-state index contributed by atoms with van der Waals surface area (Å²) in [4.78, 5) is 16.3. The Morgan fingerprint density at radius 1 is 1.38 bits per heavy atom. The summed E-state index contributed by atoms with van der Waals surface area (Å²) in [6.45, 7) is 3.49. The Morgan fingerprint density at radius 2 is 2.05 bits per heavy atom. The van der Waals surface area contributed by atoms with Gasteiger partial charge in [-0.05, 0) is 51.7 Å². The van der Waals surface area contributed by atoms with Gasteiger partial charge in [-0.15, -0.1) is 0 Å². The van der Waals surface area contributed by atoms with Crippen molar-refractivity contribution < 1.29 is 9.53 Å². The molecule has 0 saturated carbocycles. The molecule has 1 saturated heterocycles. The maximum absolute atomic E-state index is 12.2. The van der Waals surface area contributed by atoms with Gasteiger partial charge >= 0.3 is 0 Å². The molecule has 2 unspecified atom stereocenters. The van der Waals surface area contributed by atoms with Crippen LogP contribution in [-0.2, 0) is 4.79 Å². The lowest BCUT2D eigenvalue weighted by Gasteiger charge is -2.31. The van der Waals surface area contributed by atoms with E-state index in [0.29, 0.717) is 6.54 Å². The lowest BCUT2D eigenvalue weighted by Crippen LogP contribution is -2.39. The quantitative estimate of drug-likeness (QED) is 0.862. The summed E-state index contributed by atoms with van der Waals surface area (Å²) in [5, 5.41) is 3.30. The molecular weight excluding hydrogens is 266 g/mol. The number of methoxy groups -OCH3 is 1. The number of hydrogen-bond donors (Lipinski definition) is 1. The number of rotatable bonds is 6. The van der Waals surface area contributed by atoms with E-state index in [9.17, 15) is 4.79 Å². The summed E-state index contributed by atoms with van der Waals surface area (Å²) >= 11 is 0. The average molecular weight is 291 g/mol. The molecule has 5 heteroatoms. The van der Waals surface area contributed by atoms with Crippen LogP contribution >= 0.6 is 0 Å². The van der Waals surface area contributed by atoms with Crippen molar-refractivity contribution in [1.82, 2.24) is 15.1 Å². The molecule has 1 heterocycles. The van der Waals surface area contributed by atoms with Crippen LogP contribution in [0.4, 0.5) is 0 Å². The monoisotopic (exact) mass is 291 g/mol. The Hall–Kier alpha value is -1.59. The molecule has 0 bridgehead atoms. The number of nitrogens with one attached hydrogen (secondary N) is 1. The Labute approximate surface area is 126 Å². The second-order valence-corrected chi connectivity index (χ2v) is 5.80. The maximum atomic E-state index is 12.2. The number of hydrogen-bond acceptors (Lipinski definition) is 4. The molecule has 2 atom stereocenters. The van der Waals surface area contributed by atoms with Gasteiger partial charge in [-0.3, -0.25) is 10.1 Å². The van der Waals surface area contributed by atoms with Crippen LogP contribution in [0.15, 0.2) is 24.3 Å². The smallest absolute Gasteiger partial charge is 0.238 e. The molecule has 1 aromatic rings. The van der Waals surface area contributed by atoms with E-state index in [1.807, 2.05) is 29.2 Å². The molecule has 0 aromatic heterocycles. The van der Waals surface area contributed by atoms with Gasteiger partial charge in [0, 0.05) is 6.04 Å². The molecule has 1 aliphatic rings. The van der Waals surface area contributed by atoms with Gasteiger partial charge in [-0.25, -0.2) is 0 Å². The van der Waals surface area contributed by atoms with Crippen LogP contribution in [0.5, 0.6) is 5.75 Å². The van der Waals surface area contributed by atoms with Crippen LogP contribution in [0.2, 0.25) is 0 Å². The Bertz CT molecular complexity index is 473. The topological polar surface area (TPSA) is 44.8 Å². The van der Waals surface area contributed by atoms with Crippen LogP contribution in [0.25, 0.3) is 0 Å². The highest BCUT2D eigenvalue weighted by atomic mass is 16.5. The molecular formula is C16H25N3O2. The summed E-state index contributed by atoms with van der Waals surface area (Å²) in [5.41, 5.74) is 1.10. The second kappa shape index (κ2) is 6.91. The molecule has 116 valence electrons. The van der Waals surface area contributed by atoms with Gasteiger partial charge in [0.05, 0.1) is 13.7 Å². The van der Waals surface area contributed by atoms with Crippen molar-refractivity contribution >= 4 is 5.91 Å². The Morgan fingerprint density at radius 3 is 2.62 bits per heavy atom. The zero-order valence-electron chi connectivity index (χ0n) is 13.3. The summed E-state index contributed by atoms with van der Waals surface area (Å²) in [6.07, 6.45) is 0.924. The summed E-state index contributed by atoms with van der Waals surface area (Å²) < 4.78 is 5.19. The number of benzene rings is 1. The van der Waals surface area contributed by atoms with Crippen LogP contribution in [0, 0.1) is 0 Å². The molecule has 1 aliphatic heterocycles. The summed E-state index contributed by atoms with van der Waals surface area (Å²) in [7, 11) is 5.76. The lowest BCUT2D eigenvalue weighted by molar-refractivity contribution is -0.130. The minimum absolute atomic E-state index is 0.0411. The van der Waals surface area contributed by atoms with E-state index in [2.05, 4.69) is 31.2 Å². The minimum atomic E-state index is -0.0411. The van der Waals surface area contributed by atoms with Crippen molar-refractivity contribution in [3.63, 3.8) is 0 Å². The van der Waals surface area contributed by atoms with Gasteiger partial charge in [0.2, 0.25) is 5.91 Å². The van der Waals surface area contributed by atoms with Crippen molar-refractivity contribution in [1.29, 1.82) is 0 Å². The molecule has 21 heavy (non-hydrogen) atoms. The first-order valence-corrected chi connectivity index (χ1v) is 7.36. The zero-order chi connectivity index (χ0) is 15.4. The second-order valence-electron chi connectivity index (χ2n) is 5.80. The van der Waals surface area contributed by atoms with Crippen LogP contribution in [-0.4, -0.2) is 56.0 Å². The zero-order valence-corrected chi connectivity index (χ0v) is 13.3. The van der Waals surface area contributed by atoms with Crippen molar-refractivity contribution in [2.45, 2.75) is 25.6 Å². The SMILES string of the molecule is COc1ccc(C2NCC(=O)N2C(C)CCN(C)C)cc1. The first-order chi connectivity index (χ1) is 10.0. The van der Waals surface area contributed by atoms with E-state index in [-0.39, 0.29) is 18.1 Å². The van der Waals surface area contributed by atoms with E-state index in [4.69, 9.17) is 4.74 Å². The van der Waals surface area contributed by atoms with Gasteiger partial charge in [-0.2, -0.15) is 0 Å². The Balaban J connectivity index is 2.11. The van der Waals surface area contributed by atoms with E-state index < -0.39 is 0 Å². The molecule has 0 spiro atoms. The fraction of sp³-hybridized carbons (Fsp3) is 0.562. The number of ether oxygens (including phenoxy) is 1. The minimum Gasteiger partial charge on any atom is -0.497 e. The highest BCUT2D eigenvalue weighted by Crippen LogP contribution is 2.27. The van der Waals surface area contributed by atoms with Gasteiger partial charge in [0.1, 0.15) is 11.9 Å². The fourth-order valence-corrected chi connectivity index (χ4v) is 2.67. The number of carbonyl (C=O) groups is 1. The predicted octanol–water partition coefficient (Wildman–Crippen LogP) is 1.47. The molecule has 0 radical (unpaired) electrons. The van der Waals surface area contributed by atoms with E-state index in [0.717, 1.165) is 24.3 Å². The summed E-state index contributed by atoms with van der Waals surface area (Å²) in [6, 6.07) is 8.11. The van der Waals surface area contributed by atoms with Crippen molar-refractivity contribution in [3.8, 4) is 5.75 Å². The molecule has 1 aromatic carbocycles. The van der Waals surface area contributed by atoms with E-state index in [1.165, 1.54) is 0 Å². The first kappa shape index (κ1) is 15.8. The lowest BCUT2D eigenvalue weighted by atomic mass is 10.1. The largest absolute Gasteiger partial charge is 0.497 e. The fourth-order valence-electron chi connectivity index (χ4n) is 2.67. The predicted molar refractivity (Wildman–Crippen MR) is 83.2 cm³/mol. The number of amides is 1. The molecule has 1 fully saturated rings. The third kappa shape index (κ3) is 3.74. The van der Waals surface area contributed by atoms with Gasteiger partial charge in [0.15, 0.2) is 0 Å². The normalized spacial score (nSPS) is 20.1. The molecule has 1 N–H and O–H groups in total. The highest BCUT2D eigenvalue weighted by Gasteiger charge is 2.34. The van der Waals surface area contributed by atoms with Gasteiger partial charge in [-0.1, -0.05) is 12.1 Å². The van der Waals surface area contributed by atoms with E-state index in [1.54, 1.807) is 7.11 Å². The van der Waals surface area contributed by atoms with Crippen LogP contribution in [0.3, 0.4) is 0 Å². The maximum Gasteiger partial charge on any atom is 0.238 e. The molecule has 0 aliphatic carbocycles. The standard InChI is InChI=1S/C16H25N3O2/c1-12(9-10-18(2)3)19-15(20)11-17-16(19)13-5-7-14(21-4)8-6-13/h5-8,12,16-17H,9-11H2,1-4H3. The molecule has 5 nitrogen and oxygen atoms in total. The van der Waals surface area contributed by atoms with Crippen molar-refractivity contribution in [2.75, 3.05) is 34.3 Å². The highest BCUT2D eigenvalue weighted by molar-refractivity contribution is 5.81. The van der Waals surface area contributed by atoms with E-state index >= 15 is 0 Å². The van der Waals surface area contributed by atoms with Crippen LogP contribution < -0.4 is 10.1 Å². The van der Waals surface area contributed by atoms with Crippen LogP contribution in [0.1, 0.15) is 25.1 Å². The van der Waals surface area contributed by atoms with Gasteiger partial charge < -0.3 is 14.5 Å². The molecule has 1 amide bonds. The Kier molecular flexibility index (Phi) is 5.20. The molecule has 2 rings (SSSR count). The number of carbonyl (C=O) groups excluding carboxylic acids is 1. The van der Waals surface area contributed by atoms with Gasteiger partial charge in [0.25, 0.3) is 0 Å².